The molecule has 1 aliphatic heterocycles. The molecule has 0 amide bonds. The quantitative estimate of drug-likeness (QED) is 0.870. The molecule has 20 heavy (non-hydrogen) atoms. The third kappa shape index (κ3) is 4.39. The van der Waals surface area contributed by atoms with Gasteiger partial charge in [-0.05, 0) is 55.0 Å². The van der Waals surface area contributed by atoms with Gasteiger partial charge in [-0.2, -0.15) is 0 Å². The van der Waals surface area contributed by atoms with Gasteiger partial charge in [0.05, 0.1) is 0 Å². The highest BCUT2D eigenvalue weighted by Crippen LogP contribution is 2.28. The molecule has 1 aliphatic rings. The summed E-state index contributed by atoms with van der Waals surface area (Å²) < 4.78 is 0. The van der Waals surface area contributed by atoms with E-state index in [2.05, 4.69) is 43.1 Å². The van der Waals surface area contributed by atoms with Crippen LogP contribution in [0.5, 0.6) is 0 Å². The maximum Gasteiger partial charge on any atom is 0.0412 e. The molecule has 0 spiro atoms. The fraction of sp³-hybridized carbons (Fsp3) is 0.647. The van der Waals surface area contributed by atoms with Crippen molar-refractivity contribution in [3.05, 3.63) is 28.8 Å². The van der Waals surface area contributed by atoms with Gasteiger partial charge in [0.15, 0.2) is 0 Å². The summed E-state index contributed by atoms with van der Waals surface area (Å²) in [4.78, 5) is 2.52. The second-order valence-electron chi connectivity index (χ2n) is 6.49. The average molecular weight is 295 g/mol. The lowest BCUT2D eigenvalue weighted by Gasteiger charge is -2.34. The van der Waals surface area contributed by atoms with Crippen LogP contribution in [-0.2, 0) is 6.54 Å². The van der Waals surface area contributed by atoms with E-state index < -0.39 is 0 Å². The van der Waals surface area contributed by atoms with Crippen molar-refractivity contribution in [2.24, 2.45) is 11.8 Å². The van der Waals surface area contributed by atoms with Gasteiger partial charge in [-0.3, -0.25) is 0 Å². The maximum absolute atomic E-state index is 6.18. The van der Waals surface area contributed by atoms with E-state index in [1.165, 1.54) is 37.2 Å². The highest BCUT2D eigenvalue weighted by molar-refractivity contribution is 6.30. The van der Waals surface area contributed by atoms with Gasteiger partial charge in [0.1, 0.15) is 0 Å². The molecule has 2 nitrogen and oxygen atoms in total. The zero-order valence-electron chi connectivity index (χ0n) is 13.0. The van der Waals surface area contributed by atoms with Gasteiger partial charge >= 0.3 is 0 Å². The number of hydrogen-bond donors (Lipinski definition) is 1. The molecule has 1 N–H and O–H groups in total. The van der Waals surface area contributed by atoms with Crippen LogP contribution >= 0.6 is 11.6 Å². The number of rotatable bonds is 5. The zero-order chi connectivity index (χ0) is 14.5. The van der Waals surface area contributed by atoms with E-state index in [9.17, 15) is 0 Å². The van der Waals surface area contributed by atoms with Gasteiger partial charge in [0.2, 0.25) is 0 Å². The Kier molecular flexibility index (Phi) is 5.74. The molecule has 1 unspecified atom stereocenters. The summed E-state index contributed by atoms with van der Waals surface area (Å²) in [6.45, 7) is 11.1. The highest BCUT2D eigenvalue weighted by Gasteiger charge is 2.18. The van der Waals surface area contributed by atoms with Crippen molar-refractivity contribution in [2.75, 3.05) is 24.5 Å². The first kappa shape index (κ1) is 15.7. The number of halogens is 1. The van der Waals surface area contributed by atoms with Crippen LogP contribution in [0.25, 0.3) is 0 Å². The summed E-state index contributed by atoms with van der Waals surface area (Å²) in [5.41, 5.74) is 2.68. The maximum atomic E-state index is 6.18. The van der Waals surface area contributed by atoms with E-state index >= 15 is 0 Å². The number of anilines is 1. The van der Waals surface area contributed by atoms with Crippen molar-refractivity contribution in [2.45, 2.75) is 40.2 Å². The summed E-state index contributed by atoms with van der Waals surface area (Å²) in [5.74, 6) is 1.46. The van der Waals surface area contributed by atoms with Crippen LogP contribution in [0.1, 0.15) is 39.2 Å². The number of hydrogen-bond acceptors (Lipinski definition) is 2. The topological polar surface area (TPSA) is 15.3 Å². The van der Waals surface area contributed by atoms with E-state index in [0.717, 1.165) is 24.0 Å². The minimum absolute atomic E-state index is 0.674. The molecule has 0 aliphatic carbocycles. The van der Waals surface area contributed by atoms with Crippen LogP contribution in [-0.4, -0.2) is 19.6 Å². The molecule has 1 saturated heterocycles. The third-order valence-corrected chi connectivity index (χ3v) is 4.14. The summed E-state index contributed by atoms with van der Waals surface area (Å²) in [6, 6.07) is 6.32. The monoisotopic (exact) mass is 294 g/mol. The Morgan fingerprint density at radius 3 is 2.90 bits per heavy atom. The second kappa shape index (κ2) is 7.33. The Hall–Kier alpha value is -0.730. The van der Waals surface area contributed by atoms with Crippen LogP contribution in [0.3, 0.4) is 0 Å². The summed E-state index contributed by atoms with van der Waals surface area (Å²) in [7, 11) is 0. The van der Waals surface area contributed by atoms with Crippen molar-refractivity contribution in [1.29, 1.82) is 0 Å². The molecule has 0 saturated carbocycles. The molecule has 1 aromatic carbocycles. The molecule has 0 bridgehead atoms. The van der Waals surface area contributed by atoms with Crippen LogP contribution in [0.15, 0.2) is 18.2 Å². The molecular formula is C17H27ClN2. The van der Waals surface area contributed by atoms with Gasteiger partial charge < -0.3 is 10.2 Å². The van der Waals surface area contributed by atoms with E-state index in [1.54, 1.807) is 0 Å². The van der Waals surface area contributed by atoms with Crippen LogP contribution in [0.2, 0.25) is 5.02 Å². The second-order valence-corrected chi connectivity index (χ2v) is 6.93. The largest absolute Gasteiger partial charge is 0.371 e. The lowest BCUT2D eigenvalue weighted by atomic mass is 9.99. The SMILES string of the molecule is CC(C)CNCc1cc(Cl)ccc1N1CCCC(C)C1. The normalized spacial score (nSPS) is 19.6. The first-order chi connectivity index (χ1) is 9.56. The van der Waals surface area contributed by atoms with Crippen molar-refractivity contribution < 1.29 is 0 Å². The Morgan fingerprint density at radius 1 is 1.40 bits per heavy atom. The zero-order valence-corrected chi connectivity index (χ0v) is 13.7. The fourth-order valence-corrected chi connectivity index (χ4v) is 3.10. The third-order valence-electron chi connectivity index (χ3n) is 3.91. The van der Waals surface area contributed by atoms with Gasteiger partial charge in [0.25, 0.3) is 0 Å². The van der Waals surface area contributed by atoms with E-state index in [-0.39, 0.29) is 0 Å². The Labute approximate surface area is 128 Å². The summed E-state index contributed by atoms with van der Waals surface area (Å²) in [6.07, 6.45) is 2.65. The van der Waals surface area contributed by atoms with Crippen LogP contribution in [0.4, 0.5) is 5.69 Å². The Bertz CT molecular complexity index is 431. The van der Waals surface area contributed by atoms with Crippen molar-refractivity contribution >= 4 is 17.3 Å². The summed E-state index contributed by atoms with van der Waals surface area (Å²) in [5, 5.41) is 4.37. The lowest BCUT2D eigenvalue weighted by Crippen LogP contribution is -2.35. The van der Waals surface area contributed by atoms with Crippen molar-refractivity contribution in [3.63, 3.8) is 0 Å². The Morgan fingerprint density at radius 2 is 2.20 bits per heavy atom. The average Bonchev–Trinajstić information content (AvgIpc) is 2.38. The molecule has 1 aromatic rings. The predicted octanol–water partition coefficient (Wildman–Crippen LogP) is 4.32. The molecule has 0 aromatic heterocycles. The highest BCUT2D eigenvalue weighted by atomic mass is 35.5. The van der Waals surface area contributed by atoms with Crippen LogP contribution in [0, 0.1) is 11.8 Å². The van der Waals surface area contributed by atoms with E-state index in [4.69, 9.17) is 11.6 Å². The minimum Gasteiger partial charge on any atom is -0.371 e. The van der Waals surface area contributed by atoms with Crippen molar-refractivity contribution in [3.8, 4) is 0 Å². The van der Waals surface area contributed by atoms with E-state index in [1.807, 2.05) is 6.07 Å². The molecule has 1 atom stereocenters. The number of nitrogens with one attached hydrogen (secondary N) is 1. The number of piperidine rings is 1. The first-order valence-electron chi connectivity index (χ1n) is 7.80. The summed E-state index contributed by atoms with van der Waals surface area (Å²) >= 11 is 6.18. The molecule has 1 heterocycles. The number of benzene rings is 1. The van der Waals surface area contributed by atoms with Gasteiger partial charge in [-0.15, -0.1) is 0 Å². The smallest absolute Gasteiger partial charge is 0.0412 e. The van der Waals surface area contributed by atoms with Crippen LogP contribution < -0.4 is 10.2 Å². The molecule has 0 radical (unpaired) electrons. The molecule has 2 rings (SSSR count). The first-order valence-corrected chi connectivity index (χ1v) is 8.18. The predicted molar refractivity (Wildman–Crippen MR) is 88.6 cm³/mol. The van der Waals surface area contributed by atoms with Gasteiger partial charge in [0, 0.05) is 30.3 Å². The van der Waals surface area contributed by atoms with Crippen molar-refractivity contribution in [1.82, 2.24) is 5.32 Å². The molecule has 1 fully saturated rings. The standard InChI is InChI=1S/C17H27ClN2/c1-13(2)10-19-11-15-9-16(18)6-7-17(15)20-8-4-5-14(3)12-20/h6-7,9,13-14,19H,4-5,8,10-12H2,1-3H3. The number of nitrogens with zero attached hydrogens (tertiary/aromatic N) is 1. The van der Waals surface area contributed by atoms with Gasteiger partial charge in [-0.1, -0.05) is 32.4 Å². The molecule has 3 heteroatoms. The van der Waals surface area contributed by atoms with Gasteiger partial charge in [-0.25, -0.2) is 0 Å². The Balaban J connectivity index is 2.10. The minimum atomic E-state index is 0.674. The lowest BCUT2D eigenvalue weighted by molar-refractivity contribution is 0.445. The molecule has 112 valence electrons. The fourth-order valence-electron chi connectivity index (χ4n) is 2.91. The van der Waals surface area contributed by atoms with E-state index in [0.29, 0.717) is 5.92 Å². The molecular weight excluding hydrogens is 268 g/mol.